The van der Waals surface area contributed by atoms with Crippen molar-refractivity contribution in [2.75, 3.05) is 25.0 Å². The van der Waals surface area contributed by atoms with Crippen molar-refractivity contribution in [1.82, 2.24) is 10.6 Å². The second kappa shape index (κ2) is 12.1. The number of carbonyl (C=O) groups is 1. The van der Waals surface area contributed by atoms with Crippen LogP contribution in [0.1, 0.15) is 37.8 Å². The lowest BCUT2D eigenvalue weighted by atomic mass is 10.2. The second-order valence-corrected chi connectivity index (χ2v) is 8.01. The fourth-order valence-electron chi connectivity index (χ4n) is 3.47. The largest absolute Gasteiger partial charge is 0.489 e. The molecule has 0 bridgehead atoms. The first-order valence-electron chi connectivity index (χ1n) is 11.3. The van der Waals surface area contributed by atoms with Gasteiger partial charge in [-0.1, -0.05) is 24.3 Å². The number of hydrogen-bond acceptors (Lipinski definition) is 4. The van der Waals surface area contributed by atoms with Crippen LogP contribution in [0.25, 0.3) is 0 Å². The molecule has 0 saturated carbocycles. The molecule has 7 nitrogen and oxygen atoms in total. The van der Waals surface area contributed by atoms with E-state index in [0.717, 1.165) is 42.3 Å². The van der Waals surface area contributed by atoms with E-state index in [1.165, 1.54) is 5.56 Å². The van der Waals surface area contributed by atoms with Gasteiger partial charge in [0.15, 0.2) is 5.96 Å². The molecule has 1 fully saturated rings. The number of nitrogens with one attached hydrogen (secondary N) is 3. The Balaban J connectivity index is 1.53. The minimum atomic E-state index is -0.342. The van der Waals surface area contributed by atoms with Crippen LogP contribution < -0.4 is 20.7 Å². The molecule has 2 atom stereocenters. The van der Waals surface area contributed by atoms with Gasteiger partial charge >= 0.3 is 0 Å². The van der Waals surface area contributed by atoms with Crippen LogP contribution in [0.3, 0.4) is 0 Å². The number of rotatable bonds is 9. The number of aryl methyl sites for hydroxylation is 1. The second-order valence-electron chi connectivity index (χ2n) is 8.01. The Morgan fingerprint density at radius 2 is 2.06 bits per heavy atom. The molecule has 0 aromatic heterocycles. The van der Waals surface area contributed by atoms with Gasteiger partial charge in [-0.15, -0.1) is 0 Å². The standard InChI is InChI=1S/C25H34N4O3/c1-4-26-25(27-16-19(3)32-22-11-5-8-18(2)14-22)28-17-20-9-6-10-21(15-20)29-24(30)23-12-7-13-31-23/h5-6,8-11,14-15,19,23H,4,7,12-13,16-17H2,1-3H3,(H,29,30)(H2,26,27,28). The predicted molar refractivity (Wildman–Crippen MR) is 128 cm³/mol. The van der Waals surface area contributed by atoms with Crippen LogP contribution in [0.15, 0.2) is 53.5 Å². The molecule has 1 aliphatic rings. The van der Waals surface area contributed by atoms with E-state index < -0.39 is 0 Å². The SMILES string of the molecule is CCNC(=NCc1cccc(NC(=O)C2CCCO2)c1)NCC(C)Oc1cccc(C)c1. The van der Waals surface area contributed by atoms with Gasteiger partial charge in [0, 0.05) is 18.8 Å². The highest BCUT2D eigenvalue weighted by Crippen LogP contribution is 2.17. The normalized spacial score (nSPS) is 17.0. The third-order valence-corrected chi connectivity index (χ3v) is 5.06. The van der Waals surface area contributed by atoms with Crippen molar-refractivity contribution in [3.05, 3.63) is 59.7 Å². The van der Waals surface area contributed by atoms with Crippen molar-refractivity contribution in [2.24, 2.45) is 4.99 Å². The summed E-state index contributed by atoms with van der Waals surface area (Å²) in [7, 11) is 0. The molecule has 1 amide bonds. The minimum absolute atomic E-state index is 0.0167. The Labute approximate surface area is 190 Å². The molecule has 1 heterocycles. The van der Waals surface area contributed by atoms with E-state index in [2.05, 4.69) is 33.9 Å². The molecule has 172 valence electrons. The zero-order chi connectivity index (χ0) is 22.8. The summed E-state index contributed by atoms with van der Waals surface area (Å²) in [5.41, 5.74) is 2.94. The number of amides is 1. The molecule has 0 aliphatic carbocycles. The van der Waals surface area contributed by atoms with E-state index in [1.807, 2.05) is 56.3 Å². The highest BCUT2D eigenvalue weighted by atomic mass is 16.5. The predicted octanol–water partition coefficient (Wildman–Crippen LogP) is 3.64. The van der Waals surface area contributed by atoms with Gasteiger partial charge in [-0.25, -0.2) is 4.99 Å². The summed E-state index contributed by atoms with van der Waals surface area (Å²) in [6, 6.07) is 15.8. The Morgan fingerprint density at radius 3 is 2.81 bits per heavy atom. The zero-order valence-corrected chi connectivity index (χ0v) is 19.2. The van der Waals surface area contributed by atoms with Crippen molar-refractivity contribution in [3.8, 4) is 5.75 Å². The average Bonchev–Trinajstić information content (AvgIpc) is 3.31. The first-order chi connectivity index (χ1) is 15.5. The fraction of sp³-hybridized carbons (Fsp3) is 0.440. The van der Waals surface area contributed by atoms with Crippen LogP contribution in [0, 0.1) is 6.92 Å². The van der Waals surface area contributed by atoms with Crippen molar-refractivity contribution in [1.29, 1.82) is 0 Å². The highest BCUT2D eigenvalue weighted by Gasteiger charge is 2.23. The minimum Gasteiger partial charge on any atom is -0.489 e. The smallest absolute Gasteiger partial charge is 0.253 e. The lowest BCUT2D eigenvalue weighted by molar-refractivity contribution is -0.124. The average molecular weight is 439 g/mol. The van der Waals surface area contributed by atoms with Gasteiger partial charge in [-0.3, -0.25) is 4.79 Å². The molecule has 2 unspecified atom stereocenters. The van der Waals surface area contributed by atoms with Crippen LogP contribution in [0.2, 0.25) is 0 Å². The molecule has 1 saturated heterocycles. The molecule has 2 aromatic carbocycles. The summed E-state index contributed by atoms with van der Waals surface area (Å²) < 4.78 is 11.4. The number of aliphatic imine (C=N–C) groups is 1. The monoisotopic (exact) mass is 438 g/mol. The van der Waals surface area contributed by atoms with E-state index in [0.29, 0.717) is 19.7 Å². The number of nitrogens with zero attached hydrogens (tertiary/aromatic N) is 1. The lowest BCUT2D eigenvalue weighted by Crippen LogP contribution is -2.41. The van der Waals surface area contributed by atoms with E-state index in [-0.39, 0.29) is 18.1 Å². The van der Waals surface area contributed by atoms with E-state index in [1.54, 1.807) is 0 Å². The quantitative estimate of drug-likeness (QED) is 0.411. The van der Waals surface area contributed by atoms with Gasteiger partial charge in [-0.05, 0) is 69.0 Å². The van der Waals surface area contributed by atoms with Crippen LogP contribution in [-0.2, 0) is 16.1 Å². The number of guanidine groups is 1. The summed E-state index contributed by atoms with van der Waals surface area (Å²) in [5, 5.41) is 9.54. The Kier molecular flexibility index (Phi) is 8.92. The van der Waals surface area contributed by atoms with Gasteiger partial charge < -0.3 is 25.4 Å². The summed E-state index contributed by atoms with van der Waals surface area (Å²) in [5.74, 6) is 1.50. The number of anilines is 1. The molecule has 0 radical (unpaired) electrons. The van der Waals surface area contributed by atoms with E-state index >= 15 is 0 Å². The molecular formula is C25H34N4O3. The van der Waals surface area contributed by atoms with Crippen LogP contribution in [0.4, 0.5) is 5.69 Å². The van der Waals surface area contributed by atoms with E-state index in [4.69, 9.17) is 9.47 Å². The van der Waals surface area contributed by atoms with Crippen molar-refractivity contribution >= 4 is 17.6 Å². The molecule has 2 aromatic rings. The van der Waals surface area contributed by atoms with Crippen LogP contribution >= 0.6 is 0 Å². The van der Waals surface area contributed by atoms with Gasteiger partial charge in [0.1, 0.15) is 18.0 Å². The topological polar surface area (TPSA) is 84.0 Å². The molecule has 3 N–H and O–H groups in total. The maximum atomic E-state index is 12.3. The van der Waals surface area contributed by atoms with Gasteiger partial charge in [0.05, 0.1) is 13.1 Å². The van der Waals surface area contributed by atoms with Crippen molar-refractivity contribution in [2.45, 2.75) is 52.4 Å². The molecule has 0 spiro atoms. The molecular weight excluding hydrogens is 404 g/mol. The van der Waals surface area contributed by atoms with Gasteiger partial charge in [-0.2, -0.15) is 0 Å². The molecule has 3 rings (SSSR count). The number of carbonyl (C=O) groups excluding carboxylic acids is 1. The summed E-state index contributed by atoms with van der Waals surface area (Å²) in [6.45, 7) is 8.64. The highest BCUT2D eigenvalue weighted by molar-refractivity contribution is 5.94. The molecule has 7 heteroatoms. The summed E-state index contributed by atoms with van der Waals surface area (Å²) >= 11 is 0. The number of benzene rings is 2. The van der Waals surface area contributed by atoms with Crippen LogP contribution in [-0.4, -0.2) is 43.8 Å². The van der Waals surface area contributed by atoms with Crippen LogP contribution in [0.5, 0.6) is 5.75 Å². The summed E-state index contributed by atoms with van der Waals surface area (Å²) in [6.07, 6.45) is 1.35. The first kappa shape index (κ1) is 23.6. The Hall–Kier alpha value is -3.06. The molecule has 1 aliphatic heterocycles. The van der Waals surface area contributed by atoms with E-state index in [9.17, 15) is 4.79 Å². The zero-order valence-electron chi connectivity index (χ0n) is 19.2. The maximum Gasteiger partial charge on any atom is 0.253 e. The Morgan fingerprint density at radius 1 is 1.22 bits per heavy atom. The number of ether oxygens (including phenoxy) is 2. The first-order valence-corrected chi connectivity index (χ1v) is 11.3. The Bertz CT molecular complexity index is 910. The third-order valence-electron chi connectivity index (χ3n) is 5.06. The summed E-state index contributed by atoms with van der Waals surface area (Å²) in [4.78, 5) is 17.0. The third kappa shape index (κ3) is 7.57. The van der Waals surface area contributed by atoms with Crippen molar-refractivity contribution in [3.63, 3.8) is 0 Å². The van der Waals surface area contributed by atoms with Gasteiger partial charge in [0.25, 0.3) is 5.91 Å². The number of hydrogen-bond donors (Lipinski definition) is 3. The lowest BCUT2D eigenvalue weighted by Gasteiger charge is -2.18. The molecule has 32 heavy (non-hydrogen) atoms. The maximum absolute atomic E-state index is 12.3. The van der Waals surface area contributed by atoms with Crippen molar-refractivity contribution < 1.29 is 14.3 Å². The van der Waals surface area contributed by atoms with Gasteiger partial charge in [0.2, 0.25) is 0 Å². The fourth-order valence-corrected chi connectivity index (χ4v) is 3.47.